The highest BCUT2D eigenvalue weighted by atomic mass is 32.2. The first-order valence-electron chi connectivity index (χ1n) is 5.97. The molecule has 112 valence electrons. The molecule has 4 nitrogen and oxygen atoms in total. The van der Waals surface area contributed by atoms with Gasteiger partial charge in [0, 0.05) is 12.0 Å². The number of benzene rings is 1. The van der Waals surface area contributed by atoms with E-state index in [2.05, 4.69) is 5.32 Å². The smallest absolute Gasteiger partial charge is 0.396 e. The second-order valence-electron chi connectivity index (χ2n) is 4.96. The van der Waals surface area contributed by atoms with Crippen molar-refractivity contribution in [3.8, 4) is 0 Å². The van der Waals surface area contributed by atoms with Crippen LogP contribution in [-0.2, 0) is 9.84 Å². The minimum absolute atomic E-state index is 0.0752. The van der Waals surface area contributed by atoms with Gasteiger partial charge in [-0.15, -0.1) is 0 Å². The van der Waals surface area contributed by atoms with Gasteiger partial charge in [0.1, 0.15) is 0 Å². The van der Waals surface area contributed by atoms with Gasteiger partial charge in [-0.3, -0.25) is 0 Å². The molecular weight excluding hydrogens is 295 g/mol. The standard InChI is InChI=1S/C12H14F3NO3S/c13-12(14,15)20(18,19)10-4-2-1-3-9(10)16-7-11(8-17)5-6-11/h1-4,16-17H,5-8H2. The molecule has 1 saturated carbocycles. The van der Waals surface area contributed by atoms with Crippen LogP contribution in [0.15, 0.2) is 29.2 Å². The van der Waals surface area contributed by atoms with E-state index in [1.54, 1.807) is 0 Å². The third-order valence-corrected chi connectivity index (χ3v) is 4.97. The molecule has 0 bridgehead atoms. The summed E-state index contributed by atoms with van der Waals surface area (Å²) in [4.78, 5) is -0.791. The van der Waals surface area contributed by atoms with Crippen molar-refractivity contribution in [2.24, 2.45) is 5.41 Å². The molecular formula is C12H14F3NO3S. The number of hydrogen-bond acceptors (Lipinski definition) is 4. The summed E-state index contributed by atoms with van der Waals surface area (Å²) in [5.41, 5.74) is -5.77. The van der Waals surface area contributed by atoms with Crippen LogP contribution in [-0.4, -0.2) is 32.2 Å². The van der Waals surface area contributed by atoms with Gasteiger partial charge in [0.05, 0.1) is 17.2 Å². The largest absolute Gasteiger partial charge is 0.501 e. The number of anilines is 1. The molecule has 0 heterocycles. The van der Waals surface area contributed by atoms with E-state index in [1.165, 1.54) is 18.2 Å². The number of para-hydroxylation sites is 1. The summed E-state index contributed by atoms with van der Waals surface area (Å²) < 4.78 is 60.7. The van der Waals surface area contributed by atoms with E-state index < -0.39 is 20.2 Å². The lowest BCUT2D eigenvalue weighted by Gasteiger charge is -2.17. The van der Waals surface area contributed by atoms with Crippen LogP contribution in [0.4, 0.5) is 18.9 Å². The lowest BCUT2D eigenvalue weighted by molar-refractivity contribution is -0.0435. The fraction of sp³-hybridized carbons (Fsp3) is 0.500. The Morgan fingerprint density at radius 1 is 1.25 bits per heavy atom. The zero-order chi connectivity index (χ0) is 15.0. The minimum Gasteiger partial charge on any atom is -0.396 e. The Kier molecular flexibility index (Phi) is 3.72. The van der Waals surface area contributed by atoms with Crippen LogP contribution in [0.25, 0.3) is 0 Å². The van der Waals surface area contributed by atoms with Crippen LogP contribution in [0, 0.1) is 5.41 Å². The highest BCUT2D eigenvalue weighted by Gasteiger charge is 2.48. The minimum atomic E-state index is -5.39. The molecule has 0 radical (unpaired) electrons. The van der Waals surface area contributed by atoms with Crippen molar-refractivity contribution in [1.29, 1.82) is 0 Å². The van der Waals surface area contributed by atoms with E-state index in [9.17, 15) is 21.6 Å². The molecule has 8 heteroatoms. The van der Waals surface area contributed by atoms with Crippen LogP contribution < -0.4 is 5.32 Å². The highest BCUT2D eigenvalue weighted by Crippen LogP contribution is 2.45. The van der Waals surface area contributed by atoms with Gasteiger partial charge in [-0.05, 0) is 25.0 Å². The Bertz CT molecular complexity index is 594. The van der Waals surface area contributed by atoms with Crippen LogP contribution >= 0.6 is 0 Å². The van der Waals surface area contributed by atoms with Crippen molar-refractivity contribution in [2.45, 2.75) is 23.2 Å². The normalized spacial score (nSPS) is 17.8. The maximum absolute atomic E-state index is 12.6. The van der Waals surface area contributed by atoms with Crippen molar-refractivity contribution in [2.75, 3.05) is 18.5 Å². The second-order valence-corrected chi connectivity index (χ2v) is 6.87. The van der Waals surface area contributed by atoms with Gasteiger partial charge in [-0.25, -0.2) is 8.42 Å². The summed E-state index contributed by atoms with van der Waals surface area (Å²) in [6.07, 6.45) is 1.54. The summed E-state index contributed by atoms with van der Waals surface area (Å²) in [5, 5.41) is 11.9. The molecule has 2 N–H and O–H groups in total. The predicted molar refractivity (Wildman–Crippen MR) is 66.9 cm³/mol. The van der Waals surface area contributed by atoms with Gasteiger partial charge in [-0.2, -0.15) is 13.2 Å². The number of nitrogens with one attached hydrogen (secondary N) is 1. The van der Waals surface area contributed by atoms with E-state index in [0.29, 0.717) is 0 Å². The zero-order valence-electron chi connectivity index (χ0n) is 10.4. The summed E-state index contributed by atoms with van der Waals surface area (Å²) in [6.45, 7) is 0.169. The quantitative estimate of drug-likeness (QED) is 0.875. The summed E-state index contributed by atoms with van der Waals surface area (Å²) in [5.74, 6) is 0. The Morgan fingerprint density at radius 3 is 2.35 bits per heavy atom. The first kappa shape index (κ1) is 15.1. The van der Waals surface area contributed by atoms with Crippen LogP contribution in [0.3, 0.4) is 0 Å². The number of rotatable bonds is 5. The molecule has 0 aromatic heterocycles. The average molecular weight is 309 g/mol. The molecule has 1 aliphatic rings. The van der Waals surface area contributed by atoms with Crippen molar-refractivity contribution < 1.29 is 26.7 Å². The molecule has 20 heavy (non-hydrogen) atoms. The Hall–Kier alpha value is -1.28. The molecule has 1 aromatic carbocycles. The fourth-order valence-corrected chi connectivity index (χ4v) is 2.76. The maximum atomic E-state index is 12.6. The van der Waals surface area contributed by atoms with Crippen LogP contribution in [0.2, 0.25) is 0 Å². The lowest BCUT2D eigenvalue weighted by Crippen LogP contribution is -2.25. The first-order chi connectivity index (χ1) is 9.22. The van der Waals surface area contributed by atoms with Gasteiger partial charge in [-0.1, -0.05) is 12.1 Å². The zero-order valence-corrected chi connectivity index (χ0v) is 11.3. The Labute approximate surface area is 114 Å². The Morgan fingerprint density at radius 2 is 1.85 bits per heavy atom. The first-order valence-corrected chi connectivity index (χ1v) is 7.45. The number of aliphatic hydroxyl groups is 1. The van der Waals surface area contributed by atoms with E-state index in [-0.39, 0.29) is 24.3 Å². The molecule has 1 fully saturated rings. The highest BCUT2D eigenvalue weighted by molar-refractivity contribution is 7.92. The van der Waals surface area contributed by atoms with Crippen molar-refractivity contribution in [3.63, 3.8) is 0 Å². The maximum Gasteiger partial charge on any atom is 0.501 e. The Balaban J connectivity index is 2.27. The summed E-state index contributed by atoms with van der Waals surface area (Å²) >= 11 is 0. The van der Waals surface area contributed by atoms with E-state index in [4.69, 9.17) is 5.11 Å². The molecule has 1 aliphatic carbocycles. The topological polar surface area (TPSA) is 66.4 Å². The molecule has 0 atom stereocenters. The molecule has 1 aromatic rings. The van der Waals surface area contributed by atoms with Crippen LogP contribution in [0.1, 0.15) is 12.8 Å². The molecule has 0 saturated heterocycles. The van der Waals surface area contributed by atoms with Gasteiger partial charge < -0.3 is 10.4 Å². The lowest BCUT2D eigenvalue weighted by atomic mass is 10.1. The third-order valence-electron chi connectivity index (χ3n) is 3.43. The number of aliphatic hydroxyl groups excluding tert-OH is 1. The summed E-state index contributed by atoms with van der Waals surface area (Å²) in [7, 11) is -5.39. The average Bonchev–Trinajstić information content (AvgIpc) is 3.16. The number of sulfone groups is 1. The van der Waals surface area contributed by atoms with E-state index in [0.717, 1.165) is 18.9 Å². The molecule has 0 spiro atoms. The monoisotopic (exact) mass is 309 g/mol. The van der Waals surface area contributed by atoms with Gasteiger partial charge in [0.2, 0.25) is 0 Å². The fourth-order valence-electron chi connectivity index (χ4n) is 1.82. The molecule has 0 aliphatic heterocycles. The van der Waals surface area contributed by atoms with E-state index in [1.807, 2.05) is 0 Å². The van der Waals surface area contributed by atoms with Gasteiger partial charge in [0.25, 0.3) is 9.84 Å². The number of halogens is 3. The predicted octanol–water partition coefficient (Wildman–Crippen LogP) is 2.16. The number of alkyl halides is 3. The van der Waals surface area contributed by atoms with Gasteiger partial charge >= 0.3 is 5.51 Å². The van der Waals surface area contributed by atoms with Crippen molar-refractivity contribution in [3.05, 3.63) is 24.3 Å². The van der Waals surface area contributed by atoms with Crippen molar-refractivity contribution in [1.82, 2.24) is 0 Å². The molecule has 0 unspecified atom stereocenters. The van der Waals surface area contributed by atoms with Crippen LogP contribution in [0.5, 0.6) is 0 Å². The molecule has 2 rings (SSSR count). The van der Waals surface area contributed by atoms with Gasteiger partial charge in [0.15, 0.2) is 0 Å². The summed E-state index contributed by atoms with van der Waals surface area (Å²) in [6, 6.07) is 4.90. The number of hydrogen-bond donors (Lipinski definition) is 2. The third kappa shape index (κ3) is 2.76. The van der Waals surface area contributed by atoms with E-state index >= 15 is 0 Å². The second kappa shape index (κ2) is 4.92. The SMILES string of the molecule is O=S(=O)(c1ccccc1NCC1(CO)CC1)C(F)(F)F. The molecule has 0 amide bonds. The van der Waals surface area contributed by atoms with Crippen molar-refractivity contribution >= 4 is 15.5 Å².